The molecule has 0 spiro atoms. The van der Waals surface area contributed by atoms with E-state index in [0.717, 1.165) is 23.7 Å². The molecule has 2 aliphatic heterocycles. The van der Waals surface area contributed by atoms with Gasteiger partial charge in [-0.2, -0.15) is 0 Å². The number of ether oxygens (including phenoxy) is 3. The van der Waals surface area contributed by atoms with Crippen molar-refractivity contribution < 1.29 is 27.4 Å². The third kappa shape index (κ3) is 5.06. The highest BCUT2D eigenvalue weighted by Gasteiger charge is 2.30. The zero-order chi connectivity index (χ0) is 20.1. The predicted molar refractivity (Wildman–Crippen MR) is 104 cm³/mol. The number of amides is 1. The molecular formula is C18H27N3O6S. The first-order chi connectivity index (χ1) is 13.4. The van der Waals surface area contributed by atoms with E-state index in [-0.39, 0.29) is 5.91 Å². The molecule has 3 rings (SSSR count). The first kappa shape index (κ1) is 20.7. The molecule has 1 aromatic rings. The largest absolute Gasteiger partial charge is 0.486 e. The summed E-state index contributed by atoms with van der Waals surface area (Å²) in [5.74, 6) is 0.678. The first-order valence-electron chi connectivity index (χ1n) is 9.33. The second-order valence-electron chi connectivity index (χ2n) is 6.81. The number of carbonyl (C=O) groups excluding carboxylic acids is 1. The molecule has 1 atom stereocenters. The van der Waals surface area contributed by atoms with E-state index in [4.69, 9.17) is 14.2 Å². The molecule has 2 aliphatic rings. The monoisotopic (exact) mass is 413 g/mol. The summed E-state index contributed by atoms with van der Waals surface area (Å²) in [7, 11) is -3.69. The maximum absolute atomic E-state index is 12.6. The van der Waals surface area contributed by atoms with Crippen molar-refractivity contribution in [2.75, 3.05) is 63.2 Å². The van der Waals surface area contributed by atoms with Crippen LogP contribution in [0.5, 0.6) is 11.5 Å². The number of rotatable bonds is 7. The summed E-state index contributed by atoms with van der Waals surface area (Å²) in [6, 6.07) is 3.96. The van der Waals surface area contributed by atoms with Crippen LogP contribution in [0.15, 0.2) is 18.2 Å². The highest BCUT2D eigenvalue weighted by molar-refractivity contribution is 7.92. The Kier molecular flexibility index (Phi) is 6.63. The number of anilines is 1. The van der Waals surface area contributed by atoms with Gasteiger partial charge in [-0.15, -0.1) is 0 Å². The summed E-state index contributed by atoms with van der Waals surface area (Å²) in [6.07, 6.45) is 1.08. The van der Waals surface area contributed by atoms with Gasteiger partial charge in [0.1, 0.15) is 19.3 Å². The lowest BCUT2D eigenvalue weighted by atomic mass is 10.2. The molecule has 2 heterocycles. The Morgan fingerprint density at radius 3 is 2.54 bits per heavy atom. The van der Waals surface area contributed by atoms with Crippen LogP contribution in [0, 0.1) is 0 Å². The van der Waals surface area contributed by atoms with Gasteiger partial charge in [0.25, 0.3) is 0 Å². The average molecular weight is 413 g/mol. The van der Waals surface area contributed by atoms with Crippen molar-refractivity contribution in [2.24, 2.45) is 0 Å². The van der Waals surface area contributed by atoms with Crippen LogP contribution in [0.25, 0.3) is 0 Å². The minimum Gasteiger partial charge on any atom is -0.486 e. The number of fused-ring (bicyclic) bond motifs is 1. The van der Waals surface area contributed by atoms with Crippen LogP contribution < -0.4 is 19.1 Å². The first-order valence-corrected chi connectivity index (χ1v) is 11.2. The summed E-state index contributed by atoms with van der Waals surface area (Å²) < 4.78 is 42.3. The normalized spacial score (nSPS) is 18.4. The van der Waals surface area contributed by atoms with Crippen LogP contribution in [0.2, 0.25) is 0 Å². The van der Waals surface area contributed by atoms with Crippen molar-refractivity contribution in [1.29, 1.82) is 0 Å². The molecule has 1 amide bonds. The van der Waals surface area contributed by atoms with Crippen molar-refractivity contribution in [1.82, 2.24) is 10.2 Å². The van der Waals surface area contributed by atoms with E-state index in [0.29, 0.717) is 56.7 Å². The predicted octanol–water partition coefficient (Wildman–Crippen LogP) is 0.0607. The average Bonchev–Trinajstić information content (AvgIpc) is 2.67. The summed E-state index contributed by atoms with van der Waals surface area (Å²) in [5.41, 5.74) is 0.363. The molecule has 1 fully saturated rings. The number of hydrogen-bond donors (Lipinski definition) is 1. The number of morpholine rings is 1. The Hall–Kier alpha value is -2.04. The molecule has 0 aliphatic carbocycles. The molecule has 28 heavy (non-hydrogen) atoms. The fourth-order valence-electron chi connectivity index (χ4n) is 3.29. The van der Waals surface area contributed by atoms with Gasteiger partial charge in [-0.05, 0) is 19.1 Å². The minimum atomic E-state index is -3.69. The third-order valence-corrected chi connectivity index (χ3v) is 5.94. The molecule has 0 saturated carbocycles. The molecular weight excluding hydrogens is 386 g/mol. The van der Waals surface area contributed by atoms with E-state index in [9.17, 15) is 13.2 Å². The molecule has 9 nitrogen and oxygen atoms in total. The van der Waals surface area contributed by atoms with E-state index in [1.807, 2.05) is 0 Å². The number of hydrogen-bond acceptors (Lipinski definition) is 7. The van der Waals surface area contributed by atoms with Gasteiger partial charge < -0.3 is 19.5 Å². The topological polar surface area (TPSA) is 97.4 Å². The molecule has 0 bridgehead atoms. The molecule has 0 aromatic heterocycles. The fraction of sp³-hybridized carbons (Fsp3) is 0.611. The fourth-order valence-corrected chi connectivity index (χ4v) is 4.45. The highest BCUT2D eigenvalue weighted by Crippen LogP contribution is 2.35. The maximum atomic E-state index is 12.6. The van der Waals surface area contributed by atoms with Crippen molar-refractivity contribution in [3.05, 3.63) is 18.2 Å². The van der Waals surface area contributed by atoms with Crippen LogP contribution in [-0.4, -0.2) is 84.1 Å². The van der Waals surface area contributed by atoms with Gasteiger partial charge in [0, 0.05) is 32.2 Å². The lowest BCUT2D eigenvalue weighted by Gasteiger charge is -2.30. The van der Waals surface area contributed by atoms with E-state index < -0.39 is 16.1 Å². The number of carbonyl (C=O) groups is 1. The Labute approximate surface area is 165 Å². The number of nitrogens with one attached hydrogen (secondary N) is 1. The second-order valence-corrected chi connectivity index (χ2v) is 8.67. The van der Waals surface area contributed by atoms with Crippen LogP contribution in [0.4, 0.5) is 5.69 Å². The lowest BCUT2D eigenvalue weighted by molar-refractivity contribution is -0.121. The maximum Gasteiger partial charge on any atom is 0.243 e. The van der Waals surface area contributed by atoms with Gasteiger partial charge in [0.05, 0.1) is 25.2 Å². The van der Waals surface area contributed by atoms with Crippen LogP contribution >= 0.6 is 0 Å². The molecule has 1 N–H and O–H groups in total. The lowest BCUT2D eigenvalue weighted by Crippen LogP contribution is -2.49. The Morgan fingerprint density at radius 1 is 1.18 bits per heavy atom. The highest BCUT2D eigenvalue weighted by atomic mass is 32.2. The Morgan fingerprint density at radius 2 is 1.86 bits per heavy atom. The quantitative estimate of drug-likeness (QED) is 0.675. The summed E-state index contributed by atoms with van der Waals surface area (Å²) in [5, 5.41) is 2.83. The smallest absolute Gasteiger partial charge is 0.243 e. The third-order valence-electron chi connectivity index (χ3n) is 4.70. The van der Waals surface area contributed by atoms with Crippen LogP contribution in [-0.2, 0) is 19.6 Å². The molecule has 0 unspecified atom stereocenters. The molecule has 1 aromatic carbocycles. The zero-order valence-corrected chi connectivity index (χ0v) is 17.0. The van der Waals surface area contributed by atoms with E-state index in [1.165, 1.54) is 0 Å². The summed E-state index contributed by atoms with van der Waals surface area (Å²) >= 11 is 0. The van der Waals surface area contributed by atoms with Gasteiger partial charge in [-0.3, -0.25) is 14.0 Å². The summed E-state index contributed by atoms with van der Waals surface area (Å²) in [6.45, 7) is 6.61. The van der Waals surface area contributed by atoms with E-state index >= 15 is 0 Å². The molecule has 1 saturated heterocycles. The van der Waals surface area contributed by atoms with Gasteiger partial charge >= 0.3 is 0 Å². The standard InChI is InChI=1S/C18H27N3O6S/c1-14(18(22)19-5-6-20-7-9-25-10-8-20)21(28(2,23)24)15-3-4-16-17(13-15)27-12-11-26-16/h3-4,13-14H,5-12H2,1-2H3,(H,19,22)/t14-/m0/s1. The minimum absolute atomic E-state index is 0.353. The van der Waals surface area contributed by atoms with Gasteiger partial charge in [0.15, 0.2) is 11.5 Å². The summed E-state index contributed by atoms with van der Waals surface area (Å²) in [4.78, 5) is 14.8. The van der Waals surface area contributed by atoms with Crippen molar-refractivity contribution >= 4 is 21.6 Å². The Balaban J connectivity index is 1.68. The van der Waals surface area contributed by atoms with Crippen LogP contribution in [0.1, 0.15) is 6.92 Å². The SMILES string of the molecule is C[C@@H](C(=O)NCCN1CCOCC1)N(c1ccc2c(c1)OCCO2)S(C)(=O)=O. The van der Waals surface area contributed by atoms with Crippen molar-refractivity contribution in [3.8, 4) is 11.5 Å². The van der Waals surface area contributed by atoms with Gasteiger partial charge in [-0.25, -0.2) is 8.42 Å². The molecule has 0 radical (unpaired) electrons. The van der Waals surface area contributed by atoms with E-state index in [2.05, 4.69) is 10.2 Å². The number of nitrogens with zero attached hydrogens (tertiary/aromatic N) is 2. The molecule has 10 heteroatoms. The zero-order valence-electron chi connectivity index (χ0n) is 16.2. The Bertz CT molecular complexity index is 795. The second kappa shape index (κ2) is 8.97. The van der Waals surface area contributed by atoms with Gasteiger partial charge in [-0.1, -0.05) is 0 Å². The molecule has 156 valence electrons. The van der Waals surface area contributed by atoms with E-state index in [1.54, 1.807) is 25.1 Å². The van der Waals surface area contributed by atoms with Crippen LogP contribution in [0.3, 0.4) is 0 Å². The van der Waals surface area contributed by atoms with Crippen molar-refractivity contribution in [3.63, 3.8) is 0 Å². The number of benzene rings is 1. The van der Waals surface area contributed by atoms with Crippen molar-refractivity contribution in [2.45, 2.75) is 13.0 Å². The number of sulfonamides is 1. The van der Waals surface area contributed by atoms with Gasteiger partial charge in [0.2, 0.25) is 15.9 Å².